The lowest BCUT2D eigenvalue weighted by atomic mass is 10.0. The van der Waals surface area contributed by atoms with Gasteiger partial charge in [-0.3, -0.25) is 9.69 Å². The number of aldehydes is 1. The first-order valence-corrected chi connectivity index (χ1v) is 6.87. The Hall–Kier alpha value is -1.75. The third-order valence-corrected chi connectivity index (χ3v) is 3.83. The third-order valence-electron chi connectivity index (χ3n) is 3.83. The zero-order chi connectivity index (χ0) is 13.2. The number of carbonyl (C=O) groups excluding carboxylic acids is 1. The van der Waals surface area contributed by atoms with Gasteiger partial charge in [-0.1, -0.05) is 13.3 Å². The molecule has 5 nitrogen and oxygen atoms in total. The molecule has 1 saturated heterocycles. The lowest BCUT2D eigenvalue weighted by molar-refractivity contribution is 0.112. The number of pyridine rings is 1. The van der Waals surface area contributed by atoms with Crippen LogP contribution in [0.25, 0.3) is 5.65 Å². The molecule has 0 aliphatic carbocycles. The van der Waals surface area contributed by atoms with Gasteiger partial charge >= 0.3 is 0 Å². The molecule has 1 aliphatic heterocycles. The number of likely N-dealkylation sites (tertiary alicyclic amines) is 1. The van der Waals surface area contributed by atoms with E-state index in [0.717, 1.165) is 37.3 Å². The average Bonchev–Trinajstić information content (AvgIpc) is 2.89. The SMILES string of the molecule is CCN1CCCCC1c1nc2cc(C=O)ccn2n1. The van der Waals surface area contributed by atoms with Crippen LogP contribution in [0.5, 0.6) is 0 Å². The zero-order valence-corrected chi connectivity index (χ0v) is 11.1. The summed E-state index contributed by atoms with van der Waals surface area (Å²) in [6.45, 7) is 4.33. The first-order chi connectivity index (χ1) is 9.31. The highest BCUT2D eigenvalue weighted by molar-refractivity contribution is 5.76. The highest BCUT2D eigenvalue weighted by atomic mass is 16.1. The molecule has 19 heavy (non-hydrogen) atoms. The topological polar surface area (TPSA) is 50.5 Å². The maximum absolute atomic E-state index is 10.8. The van der Waals surface area contributed by atoms with Crippen molar-refractivity contribution < 1.29 is 4.79 Å². The van der Waals surface area contributed by atoms with Crippen LogP contribution < -0.4 is 0 Å². The van der Waals surface area contributed by atoms with Crippen LogP contribution in [0.2, 0.25) is 0 Å². The lowest BCUT2D eigenvalue weighted by Gasteiger charge is -2.32. The molecular weight excluding hydrogens is 240 g/mol. The van der Waals surface area contributed by atoms with Crippen LogP contribution in [0.4, 0.5) is 0 Å². The van der Waals surface area contributed by atoms with Crippen molar-refractivity contribution >= 4 is 11.9 Å². The molecule has 1 aliphatic rings. The van der Waals surface area contributed by atoms with Gasteiger partial charge in [0.15, 0.2) is 11.5 Å². The molecule has 0 amide bonds. The second-order valence-corrected chi connectivity index (χ2v) is 4.99. The molecule has 1 fully saturated rings. The fraction of sp³-hybridized carbons (Fsp3) is 0.500. The minimum absolute atomic E-state index is 0.318. The fourth-order valence-electron chi connectivity index (χ4n) is 2.79. The largest absolute Gasteiger partial charge is 0.298 e. The summed E-state index contributed by atoms with van der Waals surface area (Å²) in [5.41, 5.74) is 1.39. The van der Waals surface area contributed by atoms with E-state index in [-0.39, 0.29) is 0 Å². The first kappa shape index (κ1) is 12.3. The molecule has 1 atom stereocenters. The highest BCUT2D eigenvalue weighted by Crippen LogP contribution is 2.28. The zero-order valence-electron chi connectivity index (χ0n) is 11.1. The van der Waals surface area contributed by atoms with E-state index in [1.165, 1.54) is 12.8 Å². The average molecular weight is 258 g/mol. The molecule has 5 heteroatoms. The van der Waals surface area contributed by atoms with Crippen molar-refractivity contribution in [1.82, 2.24) is 19.5 Å². The van der Waals surface area contributed by atoms with Crippen molar-refractivity contribution in [2.45, 2.75) is 32.2 Å². The number of piperidine rings is 1. The molecule has 2 aromatic heterocycles. The summed E-state index contributed by atoms with van der Waals surface area (Å²) in [6, 6.07) is 3.86. The number of hydrogen-bond donors (Lipinski definition) is 0. The normalized spacial score (nSPS) is 20.8. The number of carbonyl (C=O) groups is 1. The second kappa shape index (κ2) is 5.09. The maximum atomic E-state index is 10.8. The number of hydrogen-bond acceptors (Lipinski definition) is 4. The summed E-state index contributed by atoms with van der Waals surface area (Å²) in [7, 11) is 0. The van der Waals surface area contributed by atoms with E-state index >= 15 is 0 Å². The molecular formula is C14H18N4O. The quantitative estimate of drug-likeness (QED) is 0.791. The van der Waals surface area contributed by atoms with E-state index < -0.39 is 0 Å². The Morgan fingerprint density at radius 1 is 1.47 bits per heavy atom. The Labute approximate surface area is 112 Å². The molecule has 100 valence electrons. The van der Waals surface area contributed by atoms with Crippen LogP contribution >= 0.6 is 0 Å². The molecule has 0 N–H and O–H groups in total. The third kappa shape index (κ3) is 2.26. The van der Waals surface area contributed by atoms with Crippen molar-refractivity contribution in [2.75, 3.05) is 13.1 Å². The van der Waals surface area contributed by atoms with Crippen LogP contribution in [-0.4, -0.2) is 38.9 Å². The summed E-state index contributed by atoms with van der Waals surface area (Å²) in [5.74, 6) is 0.879. The van der Waals surface area contributed by atoms with Crippen molar-refractivity contribution in [3.8, 4) is 0 Å². The van der Waals surface area contributed by atoms with E-state index in [2.05, 4.69) is 21.9 Å². The van der Waals surface area contributed by atoms with Gasteiger partial charge in [0.2, 0.25) is 0 Å². The molecule has 0 radical (unpaired) electrons. The molecule has 1 unspecified atom stereocenters. The van der Waals surface area contributed by atoms with Crippen molar-refractivity contribution in [3.05, 3.63) is 29.7 Å². The minimum atomic E-state index is 0.318. The summed E-state index contributed by atoms with van der Waals surface area (Å²) in [6.07, 6.45) is 6.25. The van der Waals surface area contributed by atoms with Gasteiger partial charge in [-0.25, -0.2) is 9.50 Å². The summed E-state index contributed by atoms with van der Waals surface area (Å²) in [4.78, 5) is 17.8. The standard InChI is InChI=1S/C14H18N4O/c1-2-17-7-4-3-5-12(17)14-15-13-9-11(10-19)6-8-18(13)16-14/h6,8-10,12H,2-5,7H2,1H3. The molecule has 0 spiro atoms. The first-order valence-electron chi connectivity index (χ1n) is 6.87. The van der Waals surface area contributed by atoms with Gasteiger partial charge < -0.3 is 0 Å². The Bertz CT molecular complexity index is 592. The van der Waals surface area contributed by atoms with Crippen LogP contribution in [0.1, 0.15) is 48.4 Å². The maximum Gasteiger partial charge on any atom is 0.168 e. The summed E-state index contributed by atoms with van der Waals surface area (Å²) < 4.78 is 1.75. The van der Waals surface area contributed by atoms with E-state index in [0.29, 0.717) is 11.6 Å². The molecule has 3 heterocycles. The van der Waals surface area contributed by atoms with Crippen molar-refractivity contribution in [3.63, 3.8) is 0 Å². The van der Waals surface area contributed by atoms with E-state index in [1.54, 1.807) is 22.8 Å². The molecule has 0 aromatic carbocycles. The van der Waals surface area contributed by atoms with Crippen LogP contribution in [0.3, 0.4) is 0 Å². The van der Waals surface area contributed by atoms with Crippen molar-refractivity contribution in [1.29, 1.82) is 0 Å². The van der Waals surface area contributed by atoms with Gasteiger partial charge in [0, 0.05) is 11.8 Å². The van der Waals surface area contributed by atoms with Crippen LogP contribution in [-0.2, 0) is 0 Å². The Kier molecular flexibility index (Phi) is 3.29. The number of rotatable bonds is 3. The number of aromatic nitrogens is 3. The fourth-order valence-corrected chi connectivity index (χ4v) is 2.79. The smallest absolute Gasteiger partial charge is 0.168 e. The predicted octanol–water partition coefficient (Wildman–Crippen LogP) is 2.09. The predicted molar refractivity (Wildman–Crippen MR) is 72.2 cm³/mol. The van der Waals surface area contributed by atoms with E-state index in [1.807, 2.05) is 0 Å². The Morgan fingerprint density at radius 2 is 2.37 bits per heavy atom. The molecule has 0 saturated carbocycles. The van der Waals surface area contributed by atoms with Gasteiger partial charge in [0.25, 0.3) is 0 Å². The van der Waals surface area contributed by atoms with Crippen LogP contribution in [0.15, 0.2) is 18.3 Å². The summed E-state index contributed by atoms with van der Waals surface area (Å²) >= 11 is 0. The van der Waals surface area contributed by atoms with Crippen molar-refractivity contribution in [2.24, 2.45) is 0 Å². The molecule has 3 rings (SSSR count). The van der Waals surface area contributed by atoms with Gasteiger partial charge in [0.05, 0.1) is 6.04 Å². The van der Waals surface area contributed by atoms with Gasteiger partial charge in [-0.05, 0) is 38.1 Å². The molecule has 2 aromatic rings. The van der Waals surface area contributed by atoms with E-state index in [4.69, 9.17) is 0 Å². The van der Waals surface area contributed by atoms with Crippen LogP contribution in [0, 0.1) is 0 Å². The monoisotopic (exact) mass is 258 g/mol. The lowest BCUT2D eigenvalue weighted by Crippen LogP contribution is -2.33. The highest BCUT2D eigenvalue weighted by Gasteiger charge is 2.26. The molecule has 0 bridgehead atoms. The van der Waals surface area contributed by atoms with Gasteiger partial charge in [0.1, 0.15) is 6.29 Å². The summed E-state index contributed by atoms with van der Waals surface area (Å²) in [5, 5.41) is 4.56. The van der Waals surface area contributed by atoms with Gasteiger partial charge in [-0.2, -0.15) is 0 Å². The minimum Gasteiger partial charge on any atom is -0.298 e. The number of nitrogens with zero attached hydrogens (tertiary/aromatic N) is 4. The second-order valence-electron chi connectivity index (χ2n) is 4.99. The Balaban J connectivity index is 1.97. The number of fused-ring (bicyclic) bond motifs is 1. The Morgan fingerprint density at radius 3 is 3.16 bits per heavy atom. The van der Waals surface area contributed by atoms with Gasteiger partial charge in [-0.15, -0.1) is 5.10 Å². The van der Waals surface area contributed by atoms with E-state index in [9.17, 15) is 4.79 Å².